The molecular weight excluding hydrogens is 380 g/mol. The summed E-state index contributed by atoms with van der Waals surface area (Å²) in [6.45, 7) is 8.50. The molecule has 1 N–H and O–H groups in total. The van der Waals surface area contributed by atoms with Crippen LogP contribution in [0.5, 0.6) is 11.5 Å². The number of benzene rings is 2. The lowest BCUT2D eigenvalue weighted by Gasteiger charge is -2.28. The highest BCUT2D eigenvalue weighted by Gasteiger charge is 2.26. The van der Waals surface area contributed by atoms with E-state index in [4.69, 9.17) is 9.47 Å². The number of nitrogens with one attached hydrogen (secondary N) is 1. The zero-order chi connectivity index (χ0) is 22.1. The van der Waals surface area contributed by atoms with E-state index in [0.717, 1.165) is 28.9 Å². The maximum Gasteiger partial charge on any atom is 0.261 e. The van der Waals surface area contributed by atoms with Crippen molar-refractivity contribution < 1.29 is 19.1 Å². The largest absolute Gasteiger partial charge is 0.497 e. The van der Waals surface area contributed by atoms with Gasteiger partial charge in [-0.05, 0) is 68.1 Å². The van der Waals surface area contributed by atoms with Gasteiger partial charge in [0, 0.05) is 13.1 Å². The molecule has 0 unspecified atom stereocenters. The van der Waals surface area contributed by atoms with Crippen molar-refractivity contribution >= 4 is 11.8 Å². The fourth-order valence-corrected chi connectivity index (χ4v) is 2.94. The van der Waals surface area contributed by atoms with E-state index >= 15 is 0 Å². The van der Waals surface area contributed by atoms with Crippen LogP contribution in [0.2, 0.25) is 0 Å². The summed E-state index contributed by atoms with van der Waals surface area (Å²) < 4.78 is 10.9. The second-order valence-electron chi connectivity index (χ2n) is 7.37. The van der Waals surface area contributed by atoms with E-state index in [1.165, 1.54) is 0 Å². The number of hydrogen-bond acceptors (Lipinski definition) is 4. The number of ether oxygens (including phenoxy) is 2. The van der Waals surface area contributed by atoms with Gasteiger partial charge in [-0.15, -0.1) is 0 Å². The van der Waals surface area contributed by atoms with E-state index < -0.39 is 6.04 Å². The molecule has 0 saturated heterocycles. The Bertz CT molecular complexity index is 849. The minimum atomic E-state index is -0.616. The maximum atomic E-state index is 13.0. The zero-order valence-corrected chi connectivity index (χ0v) is 18.5. The Morgan fingerprint density at radius 1 is 1.03 bits per heavy atom. The van der Waals surface area contributed by atoms with Crippen molar-refractivity contribution in [1.29, 1.82) is 0 Å². The number of rotatable bonds is 10. The second kappa shape index (κ2) is 11.2. The van der Waals surface area contributed by atoms with Crippen LogP contribution in [0.3, 0.4) is 0 Å². The Balaban J connectivity index is 2.13. The van der Waals surface area contributed by atoms with Gasteiger partial charge in [0.15, 0.2) is 6.61 Å². The number of aryl methyl sites for hydroxylation is 2. The first-order valence-electron chi connectivity index (χ1n) is 10.3. The molecule has 0 aliphatic rings. The van der Waals surface area contributed by atoms with Gasteiger partial charge in [0.1, 0.15) is 17.5 Å². The normalized spacial score (nSPS) is 11.5. The molecular formula is C24H32N2O4. The first-order chi connectivity index (χ1) is 14.3. The number of methoxy groups -OCH3 is 1. The Kier molecular flexibility index (Phi) is 8.71. The van der Waals surface area contributed by atoms with Gasteiger partial charge >= 0.3 is 0 Å². The van der Waals surface area contributed by atoms with Crippen LogP contribution in [0.1, 0.15) is 37.0 Å². The van der Waals surface area contributed by atoms with Crippen LogP contribution < -0.4 is 14.8 Å². The molecule has 0 saturated carbocycles. The van der Waals surface area contributed by atoms with Gasteiger partial charge in [-0.1, -0.05) is 25.1 Å². The summed E-state index contributed by atoms with van der Waals surface area (Å²) in [5.74, 6) is 0.954. The molecule has 2 aromatic rings. The zero-order valence-electron chi connectivity index (χ0n) is 18.5. The molecule has 0 radical (unpaired) electrons. The summed E-state index contributed by atoms with van der Waals surface area (Å²) in [6.07, 6.45) is 0.834. The minimum absolute atomic E-state index is 0.135. The molecule has 0 bridgehead atoms. The third kappa shape index (κ3) is 6.51. The third-order valence-electron chi connectivity index (χ3n) is 5.07. The number of nitrogens with zero attached hydrogens (tertiary/aromatic N) is 1. The lowest BCUT2D eigenvalue weighted by atomic mass is 10.1. The van der Waals surface area contributed by atoms with Crippen LogP contribution in [0.25, 0.3) is 0 Å². The van der Waals surface area contributed by atoms with E-state index in [1.807, 2.05) is 63.2 Å². The number of carbonyl (C=O) groups is 2. The highest BCUT2D eigenvalue weighted by Crippen LogP contribution is 2.18. The van der Waals surface area contributed by atoms with Crippen molar-refractivity contribution in [3.63, 3.8) is 0 Å². The first-order valence-corrected chi connectivity index (χ1v) is 10.3. The lowest BCUT2D eigenvalue weighted by Crippen LogP contribution is -2.49. The van der Waals surface area contributed by atoms with E-state index in [0.29, 0.717) is 18.8 Å². The van der Waals surface area contributed by atoms with Gasteiger partial charge in [-0.3, -0.25) is 9.59 Å². The second-order valence-corrected chi connectivity index (χ2v) is 7.37. The predicted molar refractivity (Wildman–Crippen MR) is 118 cm³/mol. The van der Waals surface area contributed by atoms with Gasteiger partial charge in [0.25, 0.3) is 5.91 Å². The molecule has 0 fully saturated rings. The standard InChI is InChI=1S/C24H32N2O4/c1-6-13-25-24(28)19(4)26(15-20-8-11-21(29-5)12-9-20)23(27)16-30-22-10-7-17(2)18(3)14-22/h7-12,14,19H,6,13,15-16H2,1-5H3,(H,25,28)/t19-/m0/s1. The Labute approximate surface area is 179 Å². The quantitative estimate of drug-likeness (QED) is 0.647. The summed E-state index contributed by atoms with van der Waals surface area (Å²) in [5.41, 5.74) is 3.17. The molecule has 0 heterocycles. The van der Waals surface area contributed by atoms with E-state index in [1.54, 1.807) is 18.9 Å². The predicted octanol–water partition coefficient (Wildman–Crippen LogP) is 3.63. The van der Waals surface area contributed by atoms with Crippen molar-refractivity contribution in [3.05, 3.63) is 59.2 Å². The van der Waals surface area contributed by atoms with Crippen LogP contribution in [0, 0.1) is 13.8 Å². The monoisotopic (exact) mass is 412 g/mol. The van der Waals surface area contributed by atoms with Crippen molar-refractivity contribution in [2.75, 3.05) is 20.3 Å². The summed E-state index contributed by atoms with van der Waals surface area (Å²) in [7, 11) is 1.61. The number of hydrogen-bond donors (Lipinski definition) is 1. The molecule has 1 atom stereocenters. The van der Waals surface area contributed by atoms with Crippen molar-refractivity contribution in [1.82, 2.24) is 10.2 Å². The van der Waals surface area contributed by atoms with Gasteiger partial charge in [0.05, 0.1) is 7.11 Å². The van der Waals surface area contributed by atoms with Crippen LogP contribution in [-0.2, 0) is 16.1 Å². The maximum absolute atomic E-state index is 13.0. The molecule has 2 amide bonds. The summed E-state index contributed by atoms with van der Waals surface area (Å²) in [6, 6.07) is 12.6. The first kappa shape index (κ1) is 23.3. The fourth-order valence-electron chi connectivity index (χ4n) is 2.94. The number of carbonyl (C=O) groups excluding carboxylic acids is 2. The SMILES string of the molecule is CCCNC(=O)[C@H](C)N(Cc1ccc(OC)cc1)C(=O)COc1ccc(C)c(C)c1. The fraction of sp³-hybridized carbons (Fsp3) is 0.417. The average Bonchev–Trinajstić information content (AvgIpc) is 2.76. The van der Waals surface area contributed by atoms with E-state index in [9.17, 15) is 9.59 Å². The summed E-state index contributed by atoms with van der Waals surface area (Å²) in [4.78, 5) is 27.1. The molecule has 30 heavy (non-hydrogen) atoms. The summed E-state index contributed by atoms with van der Waals surface area (Å²) >= 11 is 0. The smallest absolute Gasteiger partial charge is 0.261 e. The van der Waals surface area contributed by atoms with Gasteiger partial charge < -0.3 is 19.7 Å². The molecule has 0 aliphatic carbocycles. The van der Waals surface area contributed by atoms with Crippen LogP contribution >= 0.6 is 0 Å². The molecule has 6 nitrogen and oxygen atoms in total. The number of amides is 2. The van der Waals surface area contributed by atoms with Crippen LogP contribution in [-0.4, -0.2) is 43.0 Å². The molecule has 6 heteroatoms. The highest BCUT2D eigenvalue weighted by atomic mass is 16.5. The van der Waals surface area contributed by atoms with E-state index in [-0.39, 0.29) is 18.4 Å². The Morgan fingerprint density at radius 3 is 2.30 bits per heavy atom. The van der Waals surface area contributed by atoms with Gasteiger partial charge in [-0.25, -0.2) is 0 Å². The average molecular weight is 413 g/mol. The molecule has 162 valence electrons. The van der Waals surface area contributed by atoms with Crippen molar-refractivity contribution in [3.8, 4) is 11.5 Å². The molecule has 0 spiro atoms. The van der Waals surface area contributed by atoms with Crippen molar-refractivity contribution in [2.45, 2.75) is 46.7 Å². The van der Waals surface area contributed by atoms with Gasteiger partial charge in [0.2, 0.25) is 5.91 Å². The van der Waals surface area contributed by atoms with E-state index in [2.05, 4.69) is 5.32 Å². The summed E-state index contributed by atoms with van der Waals surface area (Å²) in [5, 5.41) is 2.87. The molecule has 0 aliphatic heterocycles. The van der Waals surface area contributed by atoms with Gasteiger partial charge in [-0.2, -0.15) is 0 Å². The Morgan fingerprint density at radius 2 is 1.70 bits per heavy atom. The van der Waals surface area contributed by atoms with Crippen LogP contribution in [0.15, 0.2) is 42.5 Å². The highest BCUT2D eigenvalue weighted by molar-refractivity contribution is 5.87. The molecule has 2 rings (SSSR count). The van der Waals surface area contributed by atoms with Crippen LogP contribution in [0.4, 0.5) is 0 Å². The molecule has 2 aromatic carbocycles. The molecule has 0 aromatic heterocycles. The third-order valence-corrected chi connectivity index (χ3v) is 5.07. The Hall–Kier alpha value is -3.02. The minimum Gasteiger partial charge on any atom is -0.497 e. The topological polar surface area (TPSA) is 67.9 Å². The van der Waals surface area contributed by atoms with Crippen molar-refractivity contribution in [2.24, 2.45) is 0 Å². The lowest BCUT2D eigenvalue weighted by molar-refractivity contribution is -0.142.